The van der Waals surface area contributed by atoms with Crippen LogP contribution in [0.15, 0.2) is 53.5 Å². The molecule has 0 bridgehead atoms. The van der Waals surface area contributed by atoms with Crippen LogP contribution in [-0.2, 0) is 0 Å². The molecule has 2 N–H and O–H groups in total. The fraction of sp³-hybridized carbons (Fsp3) is 0.133. The largest absolute Gasteiger partial charge is 0.378 e. The molecule has 20 heavy (non-hydrogen) atoms. The highest BCUT2D eigenvalue weighted by Gasteiger charge is 2.03. The third-order valence-electron chi connectivity index (χ3n) is 2.83. The molecule has 2 aromatic carbocycles. The Morgan fingerprint density at radius 3 is 2.15 bits per heavy atom. The standard InChI is InChI=1S/C15H16ClN3O/c1-19(2)14-9-7-13(8-10-14)17-15(18-20)11-3-5-12(16)6-4-11/h3-10,20H,1-2H3,(H,17,18). The van der Waals surface area contributed by atoms with Crippen molar-refractivity contribution in [3.05, 3.63) is 59.1 Å². The first kappa shape index (κ1) is 14.4. The zero-order valence-corrected chi connectivity index (χ0v) is 12.1. The molecule has 0 aromatic heterocycles. The summed E-state index contributed by atoms with van der Waals surface area (Å²) in [6.07, 6.45) is 0. The van der Waals surface area contributed by atoms with Crippen LogP contribution >= 0.6 is 11.6 Å². The second-order valence-electron chi connectivity index (χ2n) is 4.49. The monoisotopic (exact) mass is 289 g/mol. The zero-order chi connectivity index (χ0) is 14.5. The Bertz CT molecular complexity index is 592. The Morgan fingerprint density at radius 2 is 1.65 bits per heavy atom. The number of aliphatic imine (C=N–C) groups is 1. The van der Waals surface area contributed by atoms with Gasteiger partial charge in [0.25, 0.3) is 0 Å². The SMILES string of the molecule is CN(C)c1ccc(N=C(NO)c2ccc(Cl)cc2)cc1. The quantitative estimate of drug-likeness (QED) is 0.517. The van der Waals surface area contributed by atoms with Gasteiger partial charge in [0.2, 0.25) is 0 Å². The number of hydrogen-bond acceptors (Lipinski definition) is 3. The molecule has 2 rings (SSSR count). The van der Waals surface area contributed by atoms with Crippen molar-refractivity contribution >= 4 is 28.8 Å². The molecule has 0 spiro atoms. The molecular formula is C15H16ClN3O. The highest BCUT2D eigenvalue weighted by molar-refractivity contribution is 6.30. The Labute approximate surface area is 123 Å². The summed E-state index contributed by atoms with van der Waals surface area (Å²) in [7, 11) is 3.96. The van der Waals surface area contributed by atoms with E-state index in [-0.39, 0.29) is 0 Å². The Kier molecular flexibility index (Phi) is 4.61. The molecule has 0 aliphatic heterocycles. The van der Waals surface area contributed by atoms with E-state index < -0.39 is 0 Å². The van der Waals surface area contributed by atoms with Crippen molar-refractivity contribution in [2.24, 2.45) is 4.99 Å². The number of halogens is 1. The van der Waals surface area contributed by atoms with Crippen LogP contribution in [0, 0.1) is 0 Å². The van der Waals surface area contributed by atoms with E-state index in [1.807, 2.05) is 43.3 Å². The molecule has 0 fully saturated rings. The minimum Gasteiger partial charge on any atom is -0.378 e. The second kappa shape index (κ2) is 6.41. The number of anilines is 1. The number of benzene rings is 2. The molecule has 0 aliphatic carbocycles. The molecule has 104 valence electrons. The first-order valence-electron chi connectivity index (χ1n) is 6.12. The van der Waals surface area contributed by atoms with E-state index >= 15 is 0 Å². The van der Waals surface area contributed by atoms with Gasteiger partial charge in [-0.2, -0.15) is 0 Å². The Hall–Kier alpha value is -2.04. The summed E-state index contributed by atoms with van der Waals surface area (Å²) >= 11 is 5.84. The van der Waals surface area contributed by atoms with E-state index in [2.05, 4.69) is 10.5 Å². The van der Waals surface area contributed by atoms with Crippen LogP contribution in [0.1, 0.15) is 5.56 Å². The van der Waals surface area contributed by atoms with Gasteiger partial charge in [0.15, 0.2) is 5.84 Å². The summed E-state index contributed by atoms with van der Waals surface area (Å²) in [5.41, 5.74) is 4.72. The second-order valence-corrected chi connectivity index (χ2v) is 4.93. The van der Waals surface area contributed by atoms with Gasteiger partial charge in [0.1, 0.15) is 0 Å². The Balaban J connectivity index is 2.28. The minimum atomic E-state index is 0.374. The highest BCUT2D eigenvalue weighted by Crippen LogP contribution is 2.19. The van der Waals surface area contributed by atoms with Crippen LogP contribution in [0.5, 0.6) is 0 Å². The summed E-state index contributed by atoms with van der Waals surface area (Å²) < 4.78 is 0. The molecule has 0 saturated carbocycles. The predicted octanol–water partition coefficient (Wildman–Crippen LogP) is 3.46. The van der Waals surface area contributed by atoms with E-state index in [0.29, 0.717) is 10.9 Å². The van der Waals surface area contributed by atoms with Crippen LogP contribution in [-0.4, -0.2) is 25.1 Å². The summed E-state index contributed by atoms with van der Waals surface area (Å²) in [6.45, 7) is 0. The van der Waals surface area contributed by atoms with Crippen LogP contribution < -0.4 is 10.4 Å². The van der Waals surface area contributed by atoms with Gasteiger partial charge in [-0.15, -0.1) is 0 Å². The van der Waals surface area contributed by atoms with Crippen LogP contribution in [0.25, 0.3) is 0 Å². The van der Waals surface area contributed by atoms with E-state index in [0.717, 1.165) is 16.9 Å². The number of nitrogens with zero attached hydrogens (tertiary/aromatic N) is 2. The summed E-state index contributed by atoms with van der Waals surface area (Å²) in [4.78, 5) is 6.38. The lowest BCUT2D eigenvalue weighted by Crippen LogP contribution is -2.19. The van der Waals surface area contributed by atoms with Gasteiger partial charge in [-0.25, -0.2) is 4.99 Å². The van der Waals surface area contributed by atoms with E-state index in [1.165, 1.54) is 0 Å². The van der Waals surface area contributed by atoms with E-state index in [1.54, 1.807) is 24.3 Å². The predicted molar refractivity (Wildman–Crippen MR) is 83.3 cm³/mol. The number of hydroxylamine groups is 1. The molecule has 2 aromatic rings. The van der Waals surface area contributed by atoms with Gasteiger partial charge in [-0.1, -0.05) is 11.6 Å². The molecule has 0 atom stereocenters. The first-order valence-corrected chi connectivity index (χ1v) is 6.50. The molecule has 4 nitrogen and oxygen atoms in total. The van der Waals surface area contributed by atoms with Gasteiger partial charge in [-0.05, 0) is 48.5 Å². The van der Waals surface area contributed by atoms with Gasteiger partial charge >= 0.3 is 0 Å². The van der Waals surface area contributed by atoms with Crippen molar-refractivity contribution in [1.82, 2.24) is 5.48 Å². The molecule has 5 heteroatoms. The molecule has 0 unspecified atom stereocenters. The topological polar surface area (TPSA) is 47.9 Å². The van der Waals surface area contributed by atoms with Crippen molar-refractivity contribution in [3.8, 4) is 0 Å². The van der Waals surface area contributed by atoms with Crippen molar-refractivity contribution < 1.29 is 5.21 Å². The van der Waals surface area contributed by atoms with Crippen molar-refractivity contribution in [3.63, 3.8) is 0 Å². The smallest absolute Gasteiger partial charge is 0.157 e. The third kappa shape index (κ3) is 3.50. The van der Waals surface area contributed by atoms with Gasteiger partial charge in [0, 0.05) is 30.4 Å². The summed E-state index contributed by atoms with van der Waals surface area (Å²) in [5, 5.41) is 9.87. The average molecular weight is 290 g/mol. The van der Waals surface area contributed by atoms with Crippen molar-refractivity contribution in [2.45, 2.75) is 0 Å². The Morgan fingerprint density at radius 1 is 1.05 bits per heavy atom. The normalized spacial score (nSPS) is 11.3. The lowest BCUT2D eigenvalue weighted by atomic mass is 10.2. The molecular weight excluding hydrogens is 274 g/mol. The van der Waals surface area contributed by atoms with Gasteiger partial charge < -0.3 is 4.90 Å². The fourth-order valence-electron chi connectivity index (χ4n) is 1.72. The summed E-state index contributed by atoms with van der Waals surface area (Å²) in [5.74, 6) is 0.374. The summed E-state index contributed by atoms with van der Waals surface area (Å²) in [6, 6.07) is 14.8. The maximum Gasteiger partial charge on any atom is 0.157 e. The molecule has 0 aliphatic rings. The van der Waals surface area contributed by atoms with Crippen molar-refractivity contribution in [1.29, 1.82) is 0 Å². The fourth-order valence-corrected chi connectivity index (χ4v) is 1.84. The van der Waals surface area contributed by atoms with Crippen LogP contribution in [0.2, 0.25) is 5.02 Å². The van der Waals surface area contributed by atoms with Gasteiger partial charge in [-0.3, -0.25) is 10.7 Å². The maximum atomic E-state index is 9.23. The number of hydrogen-bond donors (Lipinski definition) is 2. The minimum absolute atomic E-state index is 0.374. The number of nitrogens with one attached hydrogen (secondary N) is 1. The third-order valence-corrected chi connectivity index (χ3v) is 3.08. The molecule has 0 radical (unpaired) electrons. The zero-order valence-electron chi connectivity index (χ0n) is 11.3. The molecule has 0 saturated heterocycles. The van der Waals surface area contributed by atoms with E-state index in [9.17, 15) is 5.21 Å². The highest BCUT2D eigenvalue weighted by atomic mass is 35.5. The number of amidine groups is 1. The average Bonchev–Trinajstić information content (AvgIpc) is 2.46. The van der Waals surface area contributed by atoms with Crippen LogP contribution in [0.4, 0.5) is 11.4 Å². The van der Waals surface area contributed by atoms with Crippen molar-refractivity contribution in [2.75, 3.05) is 19.0 Å². The van der Waals surface area contributed by atoms with E-state index in [4.69, 9.17) is 11.6 Å². The molecule has 0 amide bonds. The molecule has 0 heterocycles. The first-order chi connectivity index (χ1) is 9.60. The van der Waals surface area contributed by atoms with Gasteiger partial charge in [0.05, 0.1) is 5.69 Å². The van der Waals surface area contributed by atoms with Crippen LogP contribution in [0.3, 0.4) is 0 Å². The maximum absolute atomic E-state index is 9.23. The number of rotatable bonds is 3. The lowest BCUT2D eigenvalue weighted by Gasteiger charge is -2.12. The lowest BCUT2D eigenvalue weighted by molar-refractivity contribution is 0.235.